The summed E-state index contributed by atoms with van der Waals surface area (Å²) < 4.78 is 70.3. The number of nitrogens with zero attached hydrogens (tertiary/aromatic N) is 5. The van der Waals surface area contributed by atoms with Gasteiger partial charge >= 0.3 is 6.18 Å². The summed E-state index contributed by atoms with van der Waals surface area (Å²) in [5, 5.41) is 11.1. The van der Waals surface area contributed by atoms with Gasteiger partial charge in [-0.25, -0.2) is 13.8 Å². The third-order valence-corrected chi connectivity index (χ3v) is 4.30. The van der Waals surface area contributed by atoms with E-state index in [1.165, 1.54) is 32.4 Å². The van der Waals surface area contributed by atoms with Gasteiger partial charge in [0.05, 0.1) is 11.3 Å². The second kappa shape index (κ2) is 11.6. The zero-order valence-corrected chi connectivity index (χ0v) is 18.9. The van der Waals surface area contributed by atoms with Gasteiger partial charge in [-0.15, -0.1) is 0 Å². The molecular weight excluding hydrogens is 461 g/mol. The molecular formula is C22H24F5N5O2. The molecule has 0 amide bonds. The highest BCUT2D eigenvalue weighted by atomic mass is 19.4. The Kier molecular flexibility index (Phi) is 9.16. The van der Waals surface area contributed by atoms with Crippen LogP contribution >= 0.6 is 0 Å². The van der Waals surface area contributed by atoms with Crippen LogP contribution in [-0.4, -0.2) is 45.5 Å². The third-order valence-electron chi connectivity index (χ3n) is 4.30. The first kappa shape index (κ1) is 26.8. The summed E-state index contributed by atoms with van der Waals surface area (Å²) in [5.74, 6) is -0.146. The van der Waals surface area contributed by atoms with Gasteiger partial charge in [0.1, 0.15) is 5.78 Å². The van der Waals surface area contributed by atoms with Gasteiger partial charge in [-0.2, -0.15) is 28.5 Å². The van der Waals surface area contributed by atoms with Crippen molar-refractivity contribution in [3.05, 3.63) is 53.0 Å². The van der Waals surface area contributed by atoms with Crippen molar-refractivity contribution in [3.8, 4) is 5.88 Å². The maximum absolute atomic E-state index is 13.2. The van der Waals surface area contributed by atoms with Crippen LogP contribution in [0.1, 0.15) is 42.3 Å². The zero-order chi connectivity index (χ0) is 25.5. The number of alkyl halides is 5. The molecule has 2 aromatic rings. The number of ether oxygens (including phenoxy) is 1. The van der Waals surface area contributed by atoms with Crippen molar-refractivity contribution in [2.75, 3.05) is 6.61 Å². The van der Waals surface area contributed by atoms with Crippen molar-refractivity contribution in [2.45, 2.75) is 45.7 Å². The highest BCUT2D eigenvalue weighted by Gasteiger charge is 2.38. The lowest BCUT2D eigenvalue weighted by molar-refractivity contribution is -0.141. The van der Waals surface area contributed by atoms with Gasteiger partial charge in [0, 0.05) is 44.1 Å². The fourth-order valence-electron chi connectivity index (χ4n) is 2.97. The molecule has 34 heavy (non-hydrogen) atoms. The number of ketones is 1. The van der Waals surface area contributed by atoms with E-state index in [-0.39, 0.29) is 47.8 Å². The number of aryl methyl sites for hydroxylation is 2. The number of hydrogen-bond acceptors (Lipinski definition) is 6. The topological polar surface area (TPSA) is 81.7 Å². The Hall–Kier alpha value is -3.44. The van der Waals surface area contributed by atoms with Crippen LogP contribution in [0.15, 0.2) is 40.7 Å². The molecule has 2 rings (SSSR count). The number of aromatic nitrogens is 3. The van der Waals surface area contributed by atoms with Crippen LogP contribution < -0.4 is 4.74 Å². The van der Waals surface area contributed by atoms with Gasteiger partial charge in [0.2, 0.25) is 5.88 Å². The Balaban J connectivity index is 2.01. The van der Waals surface area contributed by atoms with Crippen LogP contribution in [0.3, 0.4) is 0 Å². The standard InChI is InChI=1S/C22H24F5N5O2/c1-13(2)20(17-11-32(4)31-21(17)22(25,26)27)30-28-7-5-6-16(33)9-15-8-14(3)29-19(10-15)34-12-18(23)24/h7-8,10-11,18H,1,5-6,9,12H2,2-4H3/b28-7+,30-20+. The first-order chi connectivity index (χ1) is 15.9. The molecule has 0 aromatic carbocycles. The Labute approximate surface area is 193 Å². The van der Waals surface area contributed by atoms with E-state index in [0.29, 0.717) is 11.3 Å². The molecule has 12 heteroatoms. The first-order valence-corrected chi connectivity index (χ1v) is 10.1. The largest absolute Gasteiger partial charge is 0.472 e. The van der Waals surface area contributed by atoms with E-state index in [1.54, 1.807) is 13.0 Å². The Morgan fingerprint density at radius 2 is 2.03 bits per heavy atom. The quantitative estimate of drug-likeness (QED) is 0.262. The van der Waals surface area contributed by atoms with Crippen molar-refractivity contribution in [1.29, 1.82) is 0 Å². The first-order valence-electron chi connectivity index (χ1n) is 10.1. The van der Waals surface area contributed by atoms with Gasteiger partial charge in [0.25, 0.3) is 6.43 Å². The second-order valence-corrected chi connectivity index (χ2v) is 7.50. The second-order valence-electron chi connectivity index (χ2n) is 7.50. The van der Waals surface area contributed by atoms with Gasteiger partial charge in [0.15, 0.2) is 12.3 Å². The molecule has 0 saturated heterocycles. The van der Waals surface area contributed by atoms with Crippen LogP contribution in [0.25, 0.3) is 0 Å². The summed E-state index contributed by atoms with van der Waals surface area (Å²) in [6.45, 7) is 6.01. The van der Waals surface area contributed by atoms with Crippen molar-refractivity contribution in [2.24, 2.45) is 17.3 Å². The molecule has 2 aromatic heterocycles. The van der Waals surface area contributed by atoms with E-state index in [9.17, 15) is 26.7 Å². The lowest BCUT2D eigenvalue weighted by Gasteiger charge is -2.08. The molecule has 0 atom stereocenters. The van der Waals surface area contributed by atoms with E-state index >= 15 is 0 Å². The molecule has 7 nitrogen and oxygen atoms in total. The number of Topliss-reactive ketones (excluding diaryl/α,β-unsaturated/α-hetero) is 1. The van der Waals surface area contributed by atoms with Gasteiger partial charge in [-0.1, -0.05) is 6.58 Å². The minimum Gasteiger partial charge on any atom is -0.472 e. The SMILES string of the molecule is C=C(C)/C(=N\N=C\CCC(=O)Cc1cc(C)nc(OCC(F)F)c1)c1cn(C)nc1C(F)(F)F. The lowest BCUT2D eigenvalue weighted by Crippen LogP contribution is -2.13. The van der Waals surface area contributed by atoms with Crippen molar-refractivity contribution < 1.29 is 31.5 Å². The Morgan fingerprint density at radius 3 is 2.65 bits per heavy atom. The summed E-state index contributed by atoms with van der Waals surface area (Å²) in [5.41, 5.74) is -0.0412. The number of carbonyl (C=O) groups is 1. The van der Waals surface area contributed by atoms with Crippen LogP contribution in [0.4, 0.5) is 22.0 Å². The molecule has 2 heterocycles. The van der Waals surface area contributed by atoms with E-state index in [2.05, 4.69) is 26.9 Å². The summed E-state index contributed by atoms with van der Waals surface area (Å²) in [6.07, 6.45) is -4.48. The van der Waals surface area contributed by atoms with E-state index in [1.807, 2.05) is 0 Å². The molecule has 0 aliphatic heterocycles. The highest BCUT2D eigenvalue weighted by Crippen LogP contribution is 2.31. The van der Waals surface area contributed by atoms with Crippen LogP contribution in [0.5, 0.6) is 5.88 Å². The summed E-state index contributed by atoms with van der Waals surface area (Å²) in [6, 6.07) is 3.08. The summed E-state index contributed by atoms with van der Waals surface area (Å²) >= 11 is 0. The zero-order valence-electron chi connectivity index (χ0n) is 18.9. The number of carbonyl (C=O) groups excluding carboxylic acids is 1. The monoisotopic (exact) mass is 485 g/mol. The molecule has 0 bridgehead atoms. The molecule has 0 aliphatic rings. The number of halogens is 5. The molecule has 184 valence electrons. The molecule has 0 fully saturated rings. The van der Waals surface area contributed by atoms with Crippen molar-refractivity contribution >= 4 is 17.7 Å². The normalized spacial score (nSPS) is 12.6. The Bertz CT molecular complexity index is 1090. The minimum absolute atomic E-state index is 0.0138. The minimum atomic E-state index is -4.67. The maximum Gasteiger partial charge on any atom is 0.435 e. The van der Waals surface area contributed by atoms with Crippen LogP contribution in [0, 0.1) is 6.92 Å². The van der Waals surface area contributed by atoms with Crippen LogP contribution in [0.2, 0.25) is 0 Å². The summed E-state index contributed by atoms with van der Waals surface area (Å²) in [4.78, 5) is 16.2. The molecule has 0 spiro atoms. The third kappa shape index (κ3) is 8.16. The summed E-state index contributed by atoms with van der Waals surface area (Å²) in [7, 11) is 1.36. The maximum atomic E-state index is 13.2. The van der Waals surface area contributed by atoms with Crippen molar-refractivity contribution in [3.63, 3.8) is 0 Å². The average Bonchev–Trinajstić information content (AvgIpc) is 3.10. The average molecular weight is 485 g/mol. The van der Waals surface area contributed by atoms with E-state index < -0.39 is 24.9 Å². The fourth-order valence-corrected chi connectivity index (χ4v) is 2.97. The molecule has 0 unspecified atom stereocenters. The molecule has 0 N–H and O–H groups in total. The molecule has 0 radical (unpaired) electrons. The smallest absolute Gasteiger partial charge is 0.435 e. The van der Waals surface area contributed by atoms with Crippen molar-refractivity contribution in [1.82, 2.24) is 14.8 Å². The number of rotatable bonds is 11. The van der Waals surface area contributed by atoms with Gasteiger partial charge in [-0.05, 0) is 37.5 Å². The highest BCUT2D eigenvalue weighted by molar-refractivity contribution is 6.12. The Morgan fingerprint density at radius 1 is 1.32 bits per heavy atom. The number of pyridine rings is 1. The fraction of sp³-hybridized carbons (Fsp3) is 0.409. The predicted molar refractivity (Wildman–Crippen MR) is 116 cm³/mol. The van der Waals surface area contributed by atoms with Gasteiger partial charge < -0.3 is 4.74 Å². The number of hydrogen-bond donors (Lipinski definition) is 0. The predicted octanol–water partition coefficient (Wildman–Crippen LogP) is 4.73. The van der Waals surface area contributed by atoms with Gasteiger partial charge in [-0.3, -0.25) is 9.48 Å². The van der Waals surface area contributed by atoms with Crippen LogP contribution in [-0.2, 0) is 24.4 Å². The molecule has 0 aliphatic carbocycles. The van der Waals surface area contributed by atoms with E-state index in [4.69, 9.17) is 4.74 Å². The lowest BCUT2D eigenvalue weighted by atomic mass is 10.1. The number of allylic oxidation sites excluding steroid dienone is 1. The van der Waals surface area contributed by atoms with E-state index in [0.717, 1.165) is 4.68 Å². The molecule has 0 saturated carbocycles.